The second-order valence-corrected chi connectivity index (χ2v) is 10.6. The molecule has 0 spiro atoms. The first-order chi connectivity index (χ1) is 16.9. The van der Waals surface area contributed by atoms with E-state index in [0.29, 0.717) is 5.69 Å². The van der Waals surface area contributed by atoms with Gasteiger partial charge in [0.1, 0.15) is 6.54 Å². The maximum Gasteiger partial charge on any atom is 0.264 e. The van der Waals surface area contributed by atoms with Crippen molar-refractivity contribution in [2.24, 2.45) is 5.10 Å². The number of thioether (sulfide) groups is 1. The number of nitrogens with zero attached hydrogens (tertiary/aromatic N) is 2. The van der Waals surface area contributed by atoms with Crippen LogP contribution in [-0.4, -0.2) is 33.3 Å². The maximum atomic E-state index is 13.5. The predicted octanol–water partition coefficient (Wildman–Crippen LogP) is 5.22. The van der Waals surface area contributed by atoms with Gasteiger partial charge in [-0.25, -0.2) is 13.8 Å². The number of amides is 1. The topological polar surface area (TPSA) is 78.8 Å². The lowest BCUT2D eigenvalue weighted by atomic mass is 10.1. The van der Waals surface area contributed by atoms with E-state index in [4.69, 9.17) is 0 Å². The van der Waals surface area contributed by atoms with Crippen LogP contribution in [0.4, 0.5) is 5.69 Å². The molecule has 0 aliphatic heterocycles. The van der Waals surface area contributed by atoms with Crippen LogP contribution in [0.25, 0.3) is 10.8 Å². The highest BCUT2D eigenvalue weighted by atomic mass is 32.2. The van der Waals surface area contributed by atoms with Gasteiger partial charge in [0.2, 0.25) is 0 Å². The van der Waals surface area contributed by atoms with Gasteiger partial charge in [0.05, 0.1) is 16.8 Å². The van der Waals surface area contributed by atoms with Crippen LogP contribution in [0.15, 0.2) is 106 Å². The number of fused-ring (bicyclic) bond motifs is 1. The zero-order valence-electron chi connectivity index (χ0n) is 19.4. The smallest absolute Gasteiger partial charge is 0.264 e. The third kappa shape index (κ3) is 5.72. The van der Waals surface area contributed by atoms with Crippen LogP contribution in [0.5, 0.6) is 0 Å². The van der Waals surface area contributed by atoms with Gasteiger partial charge >= 0.3 is 0 Å². The SMILES string of the molecule is CSc1ccc(S(=O)(=O)N(CC(=O)N/N=C\c2cccc3ccccc23)c2ccc(C)cc2)cc1. The number of hydrogen-bond acceptors (Lipinski definition) is 5. The van der Waals surface area contributed by atoms with Crippen molar-refractivity contribution in [1.29, 1.82) is 0 Å². The summed E-state index contributed by atoms with van der Waals surface area (Å²) in [5.41, 5.74) is 4.70. The van der Waals surface area contributed by atoms with Crippen molar-refractivity contribution in [3.05, 3.63) is 102 Å². The summed E-state index contributed by atoms with van der Waals surface area (Å²) in [5.74, 6) is -0.550. The zero-order valence-corrected chi connectivity index (χ0v) is 21.0. The number of hydrazone groups is 1. The van der Waals surface area contributed by atoms with Crippen LogP contribution in [0.3, 0.4) is 0 Å². The molecule has 8 heteroatoms. The molecule has 0 aromatic heterocycles. The number of anilines is 1. The molecule has 0 radical (unpaired) electrons. The minimum atomic E-state index is -3.98. The normalized spacial score (nSPS) is 11.6. The quantitative estimate of drug-likeness (QED) is 0.203. The third-order valence-corrected chi connectivity index (χ3v) is 8.00. The second-order valence-electron chi connectivity index (χ2n) is 7.88. The maximum absolute atomic E-state index is 13.5. The van der Waals surface area contributed by atoms with Crippen LogP contribution in [0.2, 0.25) is 0 Å². The Kier molecular flexibility index (Phi) is 7.53. The largest absolute Gasteiger partial charge is 0.271 e. The van der Waals surface area contributed by atoms with Gasteiger partial charge in [-0.2, -0.15) is 5.10 Å². The van der Waals surface area contributed by atoms with E-state index in [1.807, 2.05) is 67.8 Å². The van der Waals surface area contributed by atoms with Gasteiger partial charge in [0.25, 0.3) is 15.9 Å². The van der Waals surface area contributed by atoms with Crippen molar-refractivity contribution in [2.75, 3.05) is 17.1 Å². The Balaban J connectivity index is 1.57. The molecule has 178 valence electrons. The summed E-state index contributed by atoms with van der Waals surface area (Å²) in [6, 6.07) is 27.3. The average Bonchev–Trinajstić information content (AvgIpc) is 2.88. The summed E-state index contributed by atoms with van der Waals surface area (Å²) < 4.78 is 28.1. The molecule has 4 aromatic carbocycles. The Morgan fingerprint density at radius 2 is 1.63 bits per heavy atom. The Bertz CT molecular complexity index is 1460. The summed E-state index contributed by atoms with van der Waals surface area (Å²) in [7, 11) is -3.98. The molecule has 0 saturated carbocycles. The molecule has 4 rings (SSSR count). The molecule has 0 atom stereocenters. The first kappa shape index (κ1) is 24.5. The second kappa shape index (κ2) is 10.8. The minimum absolute atomic E-state index is 0.114. The molecule has 1 N–H and O–H groups in total. The fourth-order valence-electron chi connectivity index (χ4n) is 3.60. The summed E-state index contributed by atoms with van der Waals surface area (Å²) in [6.07, 6.45) is 3.48. The lowest BCUT2D eigenvalue weighted by Crippen LogP contribution is -2.39. The fourth-order valence-corrected chi connectivity index (χ4v) is 5.43. The van der Waals surface area contributed by atoms with Crippen molar-refractivity contribution in [3.63, 3.8) is 0 Å². The number of benzene rings is 4. The number of rotatable bonds is 8. The fraction of sp³-hybridized carbons (Fsp3) is 0.111. The molecule has 4 aromatic rings. The zero-order chi connectivity index (χ0) is 24.8. The highest BCUT2D eigenvalue weighted by Crippen LogP contribution is 2.25. The van der Waals surface area contributed by atoms with Crippen molar-refractivity contribution >= 4 is 50.4 Å². The van der Waals surface area contributed by atoms with E-state index in [2.05, 4.69) is 10.5 Å². The van der Waals surface area contributed by atoms with E-state index in [9.17, 15) is 13.2 Å². The van der Waals surface area contributed by atoms with Crippen molar-refractivity contribution in [2.45, 2.75) is 16.7 Å². The standard InChI is InChI=1S/C27H25N3O3S2/c1-20-10-12-23(13-11-20)30(35(32,33)25-16-14-24(34-2)15-17-25)19-27(31)29-28-18-22-8-5-7-21-6-3-4-9-26(21)22/h3-18H,19H2,1-2H3,(H,29,31)/b28-18-. The van der Waals surface area contributed by atoms with Gasteiger partial charge in [-0.05, 0) is 60.4 Å². The number of carbonyl (C=O) groups excluding carboxylic acids is 1. The number of hydrogen-bond donors (Lipinski definition) is 1. The average molecular weight is 504 g/mol. The van der Waals surface area contributed by atoms with Crippen molar-refractivity contribution in [3.8, 4) is 0 Å². The number of sulfonamides is 1. The van der Waals surface area contributed by atoms with Crippen LogP contribution in [0.1, 0.15) is 11.1 Å². The number of carbonyl (C=O) groups is 1. The van der Waals surface area contributed by atoms with Gasteiger partial charge in [-0.15, -0.1) is 11.8 Å². The lowest BCUT2D eigenvalue weighted by molar-refractivity contribution is -0.119. The van der Waals surface area contributed by atoms with Crippen molar-refractivity contribution < 1.29 is 13.2 Å². The van der Waals surface area contributed by atoms with Crippen LogP contribution < -0.4 is 9.73 Å². The molecule has 6 nitrogen and oxygen atoms in total. The summed E-state index contributed by atoms with van der Waals surface area (Å²) >= 11 is 1.52. The number of nitrogens with one attached hydrogen (secondary N) is 1. The van der Waals surface area contributed by atoms with E-state index in [-0.39, 0.29) is 4.90 Å². The third-order valence-electron chi connectivity index (χ3n) is 5.47. The van der Waals surface area contributed by atoms with Gasteiger partial charge < -0.3 is 0 Å². The van der Waals surface area contributed by atoms with Gasteiger partial charge in [-0.1, -0.05) is 60.2 Å². The van der Waals surface area contributed by atoms with Crippen molar-refractivity contribution in [1.82, 2.24) is 5.43 Å². The molecule has 0 unspecified atom stereocenters. The van der Waals surface area contributed by atoms with Gasteiger partial charge in [0.15, 0.2) is 0 Å². The summed E-state index contributed by atoms with van der Waals surface area (Å²) in [5, 5.41) is 6.15. The molecule has 0 heterocycles. The molecule has 0 aliphatic carbocycles. The monoisotopic (exact) mass is 503 g/mol. The van der Waals surface area contributed by atoms with Crippen LogP contribution in [-0.2, 0) is 14.8 Å². The molecular weight excluding hydrogens is 478 g/mol. The summed E-state index contributed by atoms with van der Waals surface area (Å²) in [6.45, 7) is 1.50. The molecular formula is C27H25N3O3S2. The van der Waals surface area contributed by atoms with Crippen LogP contribution in [0, 0.1) is 6.92 Å². The Morgan fingerprint density at radius 1 is 0.943 bits per heavy atom. The Hall–Kier alpha value is -3.62. The number of aryl methyl sites for hydroxylation is 1. The highest BCUT2D eigenvalue weighted by molar-refractivity contribution is 7.98. The lowest BCUT2D eigenvalue weighted by Gasteiger charge is -2.24. The van der Waals surface area contributed by atoms with Gasteiger partial charge in [0, 0.05) is 10.5 Å². The minimum Gasteiger partial charge on any atom is -0.271 e. The molecule has 0 saturated heterocycles. The molecule has 0 aliphatic rings. The van der Waals surface area contributed by atoms with E-state index in [1.54, 1.807) is 42.6 Å². The predicted molar refractivity (Wildman–Crippen MR) is 144 cm³/mol. The molecule has 0 fully saturated rings. The van der Waals surface area contributed by atoms with E-state index >= 15 is 0 Å². The molecule has 0 bridgehead atoms. The van der Waals surface area contributed by atoms with E-state index in [1.165, 1.54) is 11.8 Å². The highest BCUT2D eigenvalue weighted by Gasteiger charge is 2.27. The summed E-state index contributed by atoms with van der Waals surface area (Å²) in [4.78, 5) is 13.9. The van der Waals surface area contributed by atoms with Crippen LogP contribution >= 0.6 is 11.8 Å². The Morgan fingerprint density at radius 3 is 2.34 bits per heavy atom. The molecule has 35 heavy (non-hydrogen) atoms. The Labute approximate surface area is 209 Å². The first-order valence-corrected chi connectivity index (χ1v) is 13.6. The van der Waals surface area contributed by atoms with E-state index in [0.717, 1.165) is 31.1 Å². The molecule has 1 amide bonds. The van der Waals surface area contributed by atoms with Gasteiger partial charge in [-0.3, -0.25) is 9.10 Å². The van der Waals surface area contributed by atoms with E-state index < -0.39 is 22.5 Å². The first-order valence-electron chi connectivity index (χ1n) is 10.9.